The molecule has 2 aliphatic carbocycles. The predicted molar refractivity (Wildman–Crippen MR) is 106 cm³/mol. The molecule has 1 aromatic carbocycles. The van der Waals surface area contributed by atoms with Crippen LogP contribution in [0.4, 0.5) is 0 Å². The Morgan fingerprint density at radius 2 is 1.81 bits per heavy atom. The van der Waals surface area contributed by atoms with E-state index in [0.717, 1.165) is 44.9 Å². The first kappa shape index (κ1) is 18.1. The molecule has 6 heteroatoms. The van der Waals surface area contributed by atoms with E-state index < -0.39 is 0 Å². The molecular formula is C20H23ClN2O2S. The van der Waals surface area contributed by atoms with Gasteiger partial charge in [0, 0.05) is 17.5 Å². The molecule has 2 aromatic rings. The molecule has 0 aliphatic heterocycles. The van der Waals surface area contributed by atoms with Crippen molar-refractivity contribution in [3.63, 3.8) is 0 Å². The second-order valence-electron chi connectivity index (χ2n) is 7.34. The van der Waals surface area contributed by atoms with Gasteiger partial charge in [0.15, 0.2) is 5.16 Å². The SMILES string of the molecule is O=C1CCCC[C@@H]1Sc1nc2cc(Cl)ccc2c(=O)n1C1CCCCC1. The highest BCUT2D eigenvalue weighted by Crippen LogP contribution is 2.35. The van der Waals surface area contributed by atoms with Gasteiger partial charge in [-0.2, -0.15) is 0 Å². The quantitative estimate of drug-likeness (QED) is 0.679. The number of hydrogen-bond acceptors (Lipinski definition) is 4. The van der Waals surface area contributed by atoms with Crippen LogP contribution in [0.1, 0.15) is 63.8 Å². The summed E-state index contributed by atoms with van der Waals surface area (Å²) in [5.41, 5.74) is 0.629. The van der Waals surface area contributed by atoms with E-state index in [4.69, 9.17) is 16.6 Å². The van der Waals surface area contributed by atoms with Gasteiger partial charge in [0.2, 0.25) is 0 Å². The van der Waals surface area contributed by atoms with Crippen molar-refractivity contribution < 1.29 is 4.79 Å². The Morgan fingerprint density at radius 1 is 1.04 bits per heavy atom. The van der Waals surface area contributed by atoms with Gasteiger partial charge in [0.1, 0.15) is 5.78 Å². The zero-order chi connectivity index (χ0) is 18.1. The lowest BCUT2D eigenvalue weighted by molar-refractivity contribution is -0.119. The van der Waals surface area contributed by atoms with Crippen LogP contribution < -0.4 is 5.56 Å². The molecule has 1 aromatic heterocycles. The fourth-order valence-electron chi connectivity index (χ4n) is 4.10. The summed E-state index contributed by atoms with van der Waals surface area (Å²) in [7, 11) is 0. The summed E-state index contributed by atoms with van der Waals surface area (Å²) in [6.45, 7) is 0. The number of carbonyl (C=O) groups is 1. The van der Waals surface area contributed by atoms with Crippen LogP contribution in [-0.4, -0.2) is 20.6 Å². The Hall–Kier alpha value is -1.33. The smallest absolute Gasteiger partial charge is 0.262 e. The van der Waals surface area contributed by atoms with Crippen LogP contribution in [0.5, 0.6) is 0 Å². The average molecular weight is 391 g/mol. The highest BCUT2D eigenvalue weighted by atomic mass is 35.5. The molecule has 0 spiro atoms. The van der Waals surface area contributed by atoms with E-state index in [-0.39, 0.29) is 22.6 Å². The maximum atomic E-state index is 13.3. The number of halogens is 1. The van der Waals surface area contributed by atoms with E-state index in [1.807, 2.05) is 4.57 Å². The zero-order valence-electron chi connectivity index (χ0n) is 14.7. The van der Waals surface area contributed by atoms with Crippen molar-refractivity contribution in [2.45, 2.75) is 74.2 Å². The second kappa shape index (κ2) is 7.73. The maximum Gasteiger partial charge on any atom is 0.262 e. The molecule has 1 heterocycles. The Bertz CT molecular complexity index is 889. The number of benzene rings is 1. The van der Waals surface area contributed by atoms with Crippen molar-refractivity contribution in [2.75, 3.05) is 0 Å². The topological polar surface area (TPSA) is 52.0 Å². The zero-order valence-corrected chi connectivity index (χ0v) is 16.3. The maximum absolute atomic E-state index is 13.3. The third-order valence-electron chi connectivity index (χ3n) is 5.52. The first-order valence-electron chi connectivity index (χ1n) is 9.54. The van der Waals surface area contributed by atoms with Crippen LogP contribution in [0.15, 0.2) is 28.2 Å². The minimum atomic E-state index is -0.0814. The third kappa shape index (κ3) is 3.56. The summed E-state index contributed by atoms with van der Waals surface area (Å²) in [6, 6.07) is 5.45. The minimum Gasteiger partial charge on any atom is -0.298 e. The van der Waals surface area contributed by atoms with Crippen molar-refractivity contribution >= 4 is 40.0 Å². The summed E-state index contributed by atoms with van der Waals surface area (Å²) < 4.78 is 1.88. The van der Waals surface area contributed by atoms with Gasteiger partial charge in [0.05, 0.1) is 16.2 Å². The summed E-state index contributed by atoms with van der Waals surface area (Å²) >= 11 is 7.60. The first-order chi connectivity index (χ1) is 12.6. The number of carbonyl (C=O) groups excluding carboxylic acids is 1. The standard InChI is InChI=1S/C20H23ClN2O2S/c21-13-10-11-15-16(12-13)22-20(26-18-9-5-4-8-17(18)24)23(19(15)25)14-6-2-1-3-7-14/h10-12,14,18H,1-9H2/t18-/m0/s1. The molecule has 0 saturated heterocycles. The van der Waals surface area contributed by atoms with Gasteiger partial charge in [-0.1, -0.05) is 49.0 Å². The number of hydrogen-bond donors (Lipinski definition) is 0. The number of nitrogens with zero attached hydrogens (tertiary/aromatic N) is 2. The van der Waals surface area contributed by atoms with Gasteiger partial charge in [-0.25, -0.2) is 4.98 Å². The number of thioether (sulfide) groups is 1. The van der Waals surface area contributed by atoms with Crippen LogP contribution in [0, 0.1) is 0 Å². The van der Waals surface area contributed by atoms with Gasteiger partial charge >= 0.3 is 0 Å². The highest BCUT2D eigenvalue weighted by molar-refractivity contribution is 8.00. The molecule has 0 radical (unpaired) electrons. The van der Waals surface area contributed by atoms with Gasteiger partial charge in [-0.15, -0.1) is 0 Å². The molecule has 2 saturated carbocycles. The predicted octanol–water partition coefficient (Wildman–Crippen LogP) is 5.16. The first-order valence-corrected chi connectivity index (χ1v) is 10.8. The summed E-state index contributed by atoms with van der Waals surface area (Å²) in [4.78, 5) is 30.4. The molecule has 4 nitrogen and oxygen atoms in total. The van der Waals surface area contributed by atoms with Crippen LogP contribution in [0.3, 0.4) is 0 Å². The van der Waals surface area contributed by atoms with Crippen molar-refractivity contribution in [3.8, 4) is 0 Å². The highest BCUT2D eigenvalue weighted by Gasteiger charge is 2.28. The van der Waals surface area contributed by atoms with Crippen molar-refractivity contribution in [1.82, 2.24) is 9.55 Å². The van der Waals surface area contributed by atoms with Crippen molar-refractivity contribution in [3.05, 3.63) is 33.6 Å². The van der Waals surface area contributed by atoms with Crippen LogP contribution in [0.25, 0.3) is 10.9 Å². The van der Waals surface area contributed by atoms with E-state index in [2.05, 4.69) is 0 Å². The Balaban J connectivity index is 1.81. The summed E-state index contributed by atoms with van der Waals surface area (Å²) in [5.74, 6) is 0.289. The fourth-order valence-corrected chi connectivity index (χ4v) is 5.55. The number of rotatable bonds is 3. The van der Waals surface area contributed by atoms with E-state index in [9.17, 15) is 9.59 Å². The van der Waals surface area contributed by atoms with Crippen LogP contribution in [0.2, 0.25) is 5.02 Å². The lowest BCUT2D eigenvalue weighted by Crippen LogP contribution is -2.30. The number of aromatic nitrogens is 2. The molecule has 1 atom stereocenters. The van der Waals surface area contributed by atoms with Gasteiger partial charge in [0.25, 0.3) is 5.56 Å². The Kier molecular flexibility index (Phi) is 5.37. The molecule has 4 rings (SSSR count). The Labute approximate surface area is 162 Å². The normalized spacial score (nSPS) is 22.0. The molecule has 0 amide bonds. The van der Waals surface area contributed by atoms with Gasteiger partial charge in [-0.05, 0) is 43.9 Å². The number of ketones is 1. The molecule has 0 N–H and O–H groups in total. The van der Waals surface area contributed by atoms with E-state index in [1.165, 1.54) is 18.2 Å². The average Bonchev–Trinajstić information content (AvgIpc) is 2.64. The molecular weight excluding hydrogens is 368 g/mol. The molecule has 0 unspecified atom stereocenters. The molecule has 138 valence electrons. The lowest BCUT2D eigenvalue weighted by atomic mass is 9.95. The molecule has 0 bridgehead atoms. The lowest BCUT2D eigenvalue weighted by Gasteiger charge is -2.28. The monoisotopic (exact) mass is 390 g/mol. The summed E-state index contributed by atoms with van der Waals surface area (Å²) in [5, 5.41) is 1.79. The van der Waals surface area contributed by atoms with E-state index >= 15 is 0 Å². The Morgan fingerprint density at radius 3 is 2.58 bits per heavy atom. The van der Waals surface area contributed by atoms with Gasteiger partial charge < -0.3 is 0 Å². The number of fused-ring (bicyclic) bond motifs is 1. The van der Waals surface area contributed by atoms with Crippen molar-refractivity contribution in [1.29, 1.82) is 0 Å². The summed E-state index contributed by atoms with van der Waals surface area (Å²) in [6.07, 6.45) is 9.08. The van der Waals surface area contributed by atoms with Crippen molar-refractivity contribution in [2.24, 2.45) is 0 Å². The third-order valence-corrected chi connectivity index (χ3v) is 7.03. The van der Waals surface area contributed by atoms with E-state index in [1.54, 1.807) is 18.2 Å². The largest absolute Gasteiger partial charge is 0.298 e. The van der Waals surface area contributed by atoms with Crippen LogP contribution in [-0.2, 0) is 4.79 Å². The number of Topliss-reactive ketones (excluding diaryl/α,β-unsaturated/α-hetero) is 1. The van der Waals surface area contributed by atoms with E-state index in [0.29, 0.717) is 27.5 Å². The molecule has 2 aliphatic rings. The molecule has 2 fully saturated rings. The molecule has 26 heavy (non-hydrogen) atoms. The minimum absolute atomic E-state index is 0.00400. The second-order valence-corrected chi connectivity index (χ2v) is 8.95. The fraction of sp³-hybridized carbons (Fsp3) is 0.550. The van der Waals surface area contributed by atoms with Gasteiger partial charge in [-0.3, -0.25) is 14.2 Å². The van der Waals surface area contributed by atoms with Crippen LogP contribution >= 0.6 is 23.4 Å².